The fourth-order valence-corrected chi connectivity index (χ4v) is 2.34. The van der Waals surface area contributed by atoms with Gasteiger partial charge in [0.25, 0.3) is 0 Å². The van der Waals surface area contributed by atoms with Gasteiger partial charge in [-0.3, -0.25) is 4.57 Å². The Hall–Kier alpha value is -2.49. The molecule has 0 spiro atoms. The first-order chi connectivity index (χ1) is 9.22. The number of fused-ring (bicyclic) bond motifs is 1. The van der Waals surface area contributed by atoms with Gasteiger partial charge in [0.1, 0.15) is 11.3 Å². The van der Waals surface area contributed by atoms with Crippen molar-refractivity contribution in [3.63, 3.8) is 0 Å². The number of benzene rings is 2. The minimum atomic E-state index is -0.159. The van der Waals surface area contributed by atoms with E-state index in [-0.39, 0.29) is 5.69 Å². The van der Waals surface area contributed by atoms with Crippen molar-refractivity contribution in [2.75, 3.05) is 7.11 Å². The predicted octanol–water partition coefficient (Wildman–Crippen LogP) is 2.64. The highest BCUT2D eigenvalue weighted by molar-refractivity contribution is 5.84. The first-order valence-corrected chi connectivity index (χ1v) is 6.06. The van der Waals surface area contributed by atoms with E-state index in [1.54, 1.807) is 11.7 Å². The molecule has 0 radical (unpaired) electrons. The Balaban J connectivity index is 2.45. The molecule has 4 heteroatoms. The van der Waals surface area contributed by atoms with Crippen LogP contribution >= 0.6 is 0 Å². The zero-order valence-electron chi connectivity index (χ0n) is 10.8. The maximum absolute atomic E-state index is 12.2. The standard InChI is InChI=1S/C15H14N2O2/c1-10-6-3-4-8-12(10)17-14-11(16-15(17)18)7-5-9-13(14)19-2/h3-9H,1-2H3,(H,16,18). The summed E-state index contributed by atoms with van der Waals surface area (Å²) >= 11 is 0. The number of aryl methyl sites for hydroxylation is 1. The Labute approximate surface area is 110 Å². The van der Waals surface area contributed by atoms with E-state index in [1.165, 1.54) is 0 Å². The summed E-state index contributed by atoms with van der Waals surface area (Å²) in [5, 5.41) is 0. The van der Waals surface area contributed by atoms with Gasteiger partial charge in [-0.05, 0) is 30.7 Å². The third-order valence-electron chi connectivity index (χ3n) is 3.24. The molecule has 0 saturated carbocycles. The lowest BCUT2D eigenvalue weighted by Gasteiger charge is -2.09. The number of methoxy groups -OCH3 is 1. The normalized spacial score (nSPS) is 10.8. The van der Waals surface area contributed by atoms with Gasteiger partial charge < -0.3 is 9.72 Å². The van der Waals surface area contributed by atoms with Gasteiger partial charge in [0.2, 0.25) is 0 Å². The van der Waals surface area contributed by atoms with Gasteiger partial charge >= 0.3 is 5.69 Å². The molecule has 1 N–H and O–H groups in total. The zero-order valence-corrected chi connectivity index (χ0v) is 10.8. The van der Waals surface area contributed by atoms with Crippen LogP contribution < -0.4 is 10.4 Å². The van der Waals surface area contributed by atoms with E-state index in [2.05, 4.69) is 4.98 Å². The number of hydrogen-bond acceptors (Lipinski definition) is 2. The van der Waals surface area contributed by atoms with Gasteiger partial charge in [-0.25, -0.2) is 4.79 Å². The summed E-state index contributed by atoms with van der Waals surface area (Å²) in [7, 11) is 1.61. The number of H-pyrrole nitrogens is 1. The second-order valence-electron chi connectivity index (χ2n) is 4.41. The van der Waals surface area contributed by atoms with Crippen molar-refractivity contribution in [1.82, 2.24) is 9.55 Å². The number of para-hydroxylation sites is 2. The molecular formula is C15H14N2O2. The summed E-state index contributed by atoms with van der Waals surface area (Å²) in [4.78, 5) is 15.1. The minimum absolute atomic E-state index is 0.159. The highest BCUT2D eigenvalue weighted by Crippen LogP contribution is 2.26. The molecule has 3 rings (SSSR count). The minimum Gasteiger partial charge on any atom is -0.494 e. The average Bonchev–Trinajstić information content (AvgIpc) is 2.75. The number of aromatic nitrogens is 2. The molecule has 96 valence electrons. The van der Waals surface area contributed by atoms with Crippen LogP contribution in [0.5, 0.6) is 5.75 Å². The van der Waals surface area contributed by atoms with Crippen molar-refractivity contribution >= 4 is 11.0 Å². The van der Waals surface area contributed by atoms with Crippen molar-refractivity contribution in [1.29, 1.82) is 0 Å². The summed E-state index contributed by atoms with van der Waals surface area (Å²) in [6.45, 7) is 1.98. The van der Waals surface area contributed by atoms with Gasteiger partial charge in [0.05, 0.1) is 18.3 Å². The summed E-state index contributed by atoms with van der Waals surface area (Å²) < 4.78 is 7.02. The number of imidazole rings is 1. The monoisotopic (exact) mass is 254 g/mol. The number of ether oxygens (including phenoxy) is 1. The summed E-state index contributed by atoms with van der Waals surface area (Å²) in [6, 6.07) is 13.4. The van der Waals surface area contributed by atoms with Gasteiger partial charge in [0.15, 0.2) is 0 Å². The smallest absolute Gasteiger partial charge is 0.331 e. The van der Waals surface area contributed by atoms with Crippen LogP contribution in [0.1, 0.15) is 5.56 Å². The van der Waals surface area contributed by atoms with Gasteiger partial charge in [-0.15, -0.1) is 0 Å². The molecule has 19 heavy (non-hydrogen) atoms. The number of hydrogen-bond donors (Lipinski definition) is 1. The van der Waals surface area contributed by atoms with Crippen molar-refractivity contribution in [2.24, 2.45) is 0 Å². The highest BCUT2D eigenvalue weighted by atomic mass is 16.5. The third-order valence-corrected chi connectivity index (χ3v) is 3.24. The van der Waals surface area contributed by atoms with Crippen LogP contribution in [0.3, 0.4) is 0 Å². The number of rotatable bonds is 2. The van der Waals surface area contributed by atoms with Crippen molar-refractivity contribution < 1.29 is 4.74 Å². The maximum atomic E-state index is 12.2. The average molecular weight is 254 g/mol. The molecule has 0 saturated heterocycles. The topological polar surface area (TPSA) is 47.0 Å². The van der Waals surface area contributed by atoms with Crippen LogP contribution in [0.25, 0.3) is 16.7 Å². The van der Waals surface area contributed by atoms with Crippen molar-refractivity contribution in [3.05, 3.63) is 58.5 Å². The first-order valence-electron chi connectivity index (χ1n) is 6.06. The highest BCUT2D eigenvalue weighted by Gasteiger charge is 2.13. The molecule has 0 aliphatic carbocycles. The molecule has 0 unspecified atom stereocenters. The molecule has 0 bridgehead atoms. The molecule has 0 atom stereocenters. The molecule has 2 aromatic carbocycles. The Kier molecular flexibility index (Phi) is 2.63. The van der Waals surface area contributed by atoms with Gasteiger partial charge in [0, 0.05) is 0 Å². The molecular weight excluding hydrogens is 240 g/mol. The molecule has 1 aromatic heterocycles. The number of nitrogens with zero attached hydrogens (tertiary/aromatic N) is 1. The van der Waals surface area contributed by atoms with Crippen LogP contribution in [0.15, 0.2) is 47.3 Å². The molecule has 0 amide bonds. The van der Waals surface area contributed by atoms with Crippen molar-refractivity contribution in [3.8, 4) is 11.4 Å². The quantitative estimate of drug-likeness (QED) is 0.764. The van der Waals surface area contributed by atoms with E-state index >= 15 is 0 Å². The number of nitrogens with one attached hydrogen (secondary N) is 1. The molecule has 0 fully saturated rings. The fraction of sp³-hybridized carbons (Fsp3) is 0.133. The Morgan fingerprint density at radius 2 is 1.89 bits per heavy atom. The zero-order chi connectivity index (χ0) is 13.4. The Bertz CT molecular complexity index is 799. The van der Waals surface area contributed by atoms with E-state index in [9.17, 15) is 4.79 Å². The molecule has 0 aliphatic rings. The molecule has 3 aromatic rings. The van der Waals surface area contributed by atoms with E-state index in [0.29, 0.717) is 5.75 Å². The predicted molar refractivity (Wildman–Crippen MR) is 75.2 cm³/mol. The molecule has 0 aliphatic heterocycles. The summed E-state index contributed by atoms with van der Waals surface area (Å²) in [5.41, 5.74) is 3.28. The van der Waals surface area contributed by atoms with E-state index in [4.69, 9.17) is 4.74 Å². The second kappa shape index (κ2) is 4.31. The van der Waals surface area contributed by atoms with E-state index in [0.717, 1.165) is 22.3 Å². The van der Waals surface area contributed by atoms with Crippen LogP contribution in [0.4, 0.5) is 0 Å². The molecule has 4 nitrogen and oxygen atoms in total. The Morgan fingerprint density at radius 3 is 2.63 bits per heavy atom. The van der Waals surface area contributed by atoms with Gasteiger partial charge in [-0.2, -0.15) is 0 Å². The lowest BCUT2D eigenvalue weighted by atomic mass is 10.2. The Morgan fingerprint density at radius 1 is 1.11 bits per heavy atom. The third kappa shape index (κ3) is 1.73. The SMILES string of the molecule is COc1cccc2[nH]c(=O)n(-c3ccccc3C)c12. The first kappa shape index (κ1) is 11.6. The van der Waals surface area contributed by atoms with Crippen LogP contribution in [0, 0.1) is 6.92 Å². The van der Waals surface area contributed by atoms with Crippen molar-refractivity contribution in [2.45, 2.75) is 6.92 Å². The van der Waals surface area contributed by atoms with E-state index < -0.39 is 0 Å². The fourth-order valence-electron chi connectivity index (χ4n) is 2.34. The maximum Gasteiger partial charge on any atom is 0.331 e. The lowest BCUT2D eigenvalue weighted by Crippen LogP contribution is -2.15. The largest absolute Gasteiger partial charge is 0.494 e. The van der Waals surface area contributed by atoms with Crippen LogP contribution in [-0.2, 0) is 0 Å². The summed E-state index contributed by atoms with van der Waals surface area (Å²) in [6.07, 6.45) is 0. The molecule has 1 heterocycles. The van der Waals surface area contributed by atoms with E-state index in [1.807, 2.05) is 49.4 Å². The van der Waals surface area contributed by atoms with Gasteiger partial charge in [-0.1, -0.05) is 24.3 Å². The summed E-state index contributed by atoms with van der Waals surface area (Å²) in [5.74, 6) is 0.680. The van der Waals surface area contributed by atoms with Crippen LogP contribution in [-0.4, -0.2) is 16.7 Å². The second-order valence-corrected chi connectivity index (χ2v) is 4.41. The number of aromatic amines is 1. The van der Waals surface area contributed by atoms with Crippen LogP contribution in [0.2, 0.25) is 0 Å². The lowest BCUT2D eigenvalue weighted by molar-refractivity contribution is 0.418.